The summed E-state index contributed by atoms with van der Waals surface area (Å²) in [6.07, 6.45) is 0. The zero-order chi connectivity index (χ0) is 9.45. The molecule has 0 N–H and O–H groups in total. The predicted molar refractivity (Wildman–Crippen MR) is 51.5 cm³/mol. The van der Waals surface area contributed by atoms with Gasteiger partial charge >= 0.3 is 8.80 Å². The van der Waals surface area contributed by atoms with Crippen LogP contribution >= 0.6 is 12.2 Å². The number of nitrogens with zero attached hydrogens (tertiary/aromatic N) is 1. The summed E-state index contributed by atoms with van der Waals surface area (Å²) < 4.78 is 15.5. The van der Waals surface area contributed by atoms with E-state index in [4.69, 9.17) is 13.3 Å². The Morgan fingerprint density at radius 2 is 1.75 bits per heavy atom. The molecule has 0 amide bonds. The van der Waals surface area contributed by atoms with E-state index >= 15 is 0 Å². The summed E-state index contributed by atoms with van der Waals surface area (Å²) in [5, 5.41) is 2.28. The van der Waals surface area contributed by atoms with Crippen molar-refractivity contribution in [3.05, 3.63) is 0 Å². The van der Waals surface area contributed by atoms with E-state index in [1.807, 2.05) is 0 Å². The van der Waals surface area contributed by atoms with Crippen LogP contribution in [0.2, 0.25) is 6.04 Å². The summed E-state index contributed by atoms with van der Waals surface area (Å²) in [5.41, 5.74) is 0. The van der Waals surface area contributed by atoms with E-state index in [1.54, 1.807) is 21.3 Å². The second-order valence-electron chi connectivity index (χ2n) is 2.02. The summed E-state index contributed by atoms with van der Waals surface area (Å²) in [4.78, 5) is 3.76. The van der Waals surface area contributed by atoms with Crippen LogP contribution in [0.5, 0.6) is 0 Å². The average molecular weight is 207 g/mol. The fourth-order valence-electron chi connectivity index (χ4n) is 0.795. The summed E-state index contributed by atoms with van der Waals surface area (Å²) in [6, 6.07) is 0.625. The number of rotatable bonds is 6. The molecule has 0 aliphatic rings. The normalized spacial score (nSPS) is 10.9. The van der Waals surface area contributed by atoms with Crippen molar-refractivity contribution in [2.45, 2.75) is 6.04 Å². The first-order valence-electron chi connectivity index (χ1n) is 3.43. The van der Waals surface area contributed by atoms with Gasteiger partial charge in [0.15, 0.2) is 0 Å². The molecule has 0 saturated heterocycles. The maximum Gasteiger partial charge on any atom is 0.502 e. The van der Waals surface area contributed by atoms with Gasteiger partial charge in [0, 0.05) is 27.4 Å². The van der Waals surface area contributed by atoms with Crippen LogP contribution in [0, 0.1) is 0 Å². The smallest absolute Gasteiger partial charge is 0.377 e. The van der Waals surface area contributed by atoms with Crippen molar-refractivity contribution in [1.82, 2.24) is 0 Å². The number of thiocarbonyl (C=S) groups is 1. The van der Waals surface area contributed by atoms with Gasteiger partial charge in [-0.2, -0.15) is 0 Å². The van der Waals surface area contributed by atoms with Gasteiger partial charge in [-0.3, -0.25) is 0 Å². The van der Waals surface area contributed by atoms with Crippen LogP contribution in [0.15, 0.2) is 4.99 Å². The lowest BCUT2D eigenvalue weighted by atomic mass is 10.8. The lowest BCUT2D eigenvalue weighted by Crippen LogP contribution is -2.43. The zero-order valence-corrected chi connectivity index (χ0v) is 9.31. The Balaban J connectivity index is 4.00. The number of hydrogen-bond donors (Lipinski definition) is 0. The molecule has 0 fully saturated rings. The molecule has 0 bridgehead atoms. The van der Waals surface area contributed by atoms with Crippen molar-refractivity contribution in [3.63, 3.8) is 0 Å². The first-order chi connectivity index (χ1) is 5.74. The van der Waals surface area contributed by atoms with E-state index in [2.05, 4.69) is 22.4 Å². The summed E-state index contributed by atoms with van der Waals surface area (Å²) in [5.74, 6) is 0. The molecule has 0 spiro atoms. The Kier molecular flexibility index (Phi) is 6.36. The monoisotopic (exact) mass is 207 g/mol. The Morgan fingerprint density at radius 1 is 1.25 bits per heavy atom. The number of aliphatic imine (C=N–C) groups is 1. The maximum absolute atomic E-state index is 5.16. The highest BCUT2D eigenvalue weighted by atomic mass is 32.1. The van der Waals surface area contributed by atoms with Gasteiger partial charge in [0.05, 0.1) is 11.7 Å². The first-order valence-corrected chi connectivity index (χ1v) is 5.77. The van der Waals surface area contributed by atoms with E-state index < -0.39 is 8.80 Å². The number of isothiocyanates is 1. The summed E-state index contributed by atoms with van der Waals surface area (Å²) in [6.45, 7) is 0.533. The highest BCUT2D eigenvalue weighted by molar-refractivity contribution is 7.78. The van der Waals surface area contributed by atoms with Crippen molar-refractivity contribution in [1.29, 1.82) is 0 Å². The van der Waals surface area contributed by atoms with Crippen LogP contribution in [0.1, 0.15) is 0 Å². The lowest BCUT2D eigenvalue weighted by Gasteiger charge is -2.23. The molecule has 0 aliphatic heterocycles. The fourth-order valence-corrected chi connectivity index (χ4v) is 2.38. The third kappa shape index (κ3) is 3.53. The molecule has 0 heterocycles. The SMILES string of the molecule is CO[Si](CCN=C=S)(OC)OC. The second-order valence-corrected chi connectivity index (χ2v) is 5.29. The van der Waals surface area contributed by atoms with Crippen LogP contribution in [-0.2, 0) is 13.3 Å². The molecule has 0 atom stereocenters. The van der Waals surface area contributed by atoms with E-state index in [0.717, 1.165) is 0 Å². The molecule has 12 heavy (non-hydrogen) atoms. The second kappa shape index (κ2) is 6.42. The van der Waals surface area contributed by atoms with Gasteiger partial charge in [-0.15, -0.1) is 0 Å². The molecule has 0 aromatic carbocycles. The molecule has 0 radical (unpaired) electrons. The van der Waals surface area contributed by atoms with Gasteiger partial charge in [-0.25, -0.2) is 4.99 Å². The average Bonchev–Trinajstić information content (AvgIpc) is 2.14. The maximum atomic E-state index is 5.16. The standard InChI is InChI=1S/C6H13NO3SSi/c1-8-12(9-2,10-3)5-4-7-6-11/h4-5H2,1-3H3. The third-order valence-electron chi connectivity index (χ3n) is 1.53. The summed E-state index contributed by atoms with van der Waals surface area (Å²) >= 11 is 4.43. The quantitative estimate of drug-likeness (QED) is 0.369. The van der Waals surface area contributed by atoms with Gasteiger partial charge in [0.1, 0.15) is 0 Å². The van der Waals surface area contributed by atoms with Crippen molar-refractivity contribution in [2.75, 3.05) is 27.9 Å². The fraction of sp³-hybridized carbons (Fsp3) is 0.833. The molecule has 0 aromatic rings. The minimum atomic E-state index is -2.43. The molecule has 4 nitrogen and oxygen atoms in total. The van der Waals surface area contributed by atoms with Crippen molar-refractivity contribution in [3.8, 4) is 0 Å². The van der Waals surface area contributed by atoms with E-state index in [9.17, 15) is 0 Å². The zero-order valence-electron chi connectivity index (χ0n) is 7.49. The molecule has 0 saturated carbocycles. The Morgan fingerprint density at radius 3 is 2.08 bits per heavy atom. The predicted octanol–water partition coefficient (Wildman–Crippen LogP) is 0.967. The summed E-state index contributed by atoms with van der Waals surface area (Å²) in [7, 11) is 2.27. The topological polar surface area (TPSA) is 40.0 Å². The Labute approximate surface area is 78.9 Å². The van der Waals surface area contributed by atoms with Crippen LogP contribution in [0.4, 0.5) is 0 Å². The third-order valence-corrected chi connectivity index (χ3v) is 4.36. The molecule has 70 valence electrons. The van der Waals surface area contributed by atoms with Crippen molar-refractivity contribution in [2.24, 2.45) is 4.99 Å². The van der Waals surface area contributed by atoms with Crippen molar-refractivity contribution >= 4 is 26.2 Å². The number of hydrogen-bond acceptors (Lipinski definition) is 5. The van der Waals surface area contributed by atoms with Gasteiger partial charge in [-0.05, 0) is 12.2 Å². The van der Waals surface area contributed by atoms with E-state index in [0.29, 0.717) is 12.6 Å². The van der Waals surface area contributed by atoms with Crippen LogP contribution in [0.25, 0.3) is 0 Å². The van der Waals surface area contributed by atoms with Gasteiger partial charge in [-0.1, -0.05) is 0 Å². The molecule has 0 unspecified atom stereocenters. The molecule has 0 aromatic heterocycles. The highest BCUT2D eigenvalue weighted by Gasteiger charge is 2.36. The minimum absolute atomic E-state index is 0.533. The van der Waals surface area contributed by atoms with Gasteiger partial charge in [0.2, 0.25) is 0 Å². The molecule has 0 aliphatic carbocycles. The molecule has 0 rings (SSSR count). The Bertz CT molecular complexity index is 160. The Hall–Kier alpha value is -0.103. The van der Waals surface area contributed by atoms with E-state index in [1.165, 1.54) is 0 Å². The minimum Gasteiger partial charge on any atom is -0.377 e. The molecule has 6 heteroatoms. The van der Waals surface area contributed by atoms with Crippen LogP contribution in [0.3, 0.4) is 0 Å². The highest BCUT2D eigenvalue weighted by Crippen LogP contribution is 2.11. The van der Waals surface area contributed by atoms with E-state index in [-0.39, 0.29) is 0 Å². The van der Waals surface area contributed by atoms with Crippen LogP contribution in [-0.4, -0.2) is 41.8 Å². The van der Waals surface area contributed by atoms with Gasteiger partial charge < -0.3 is 13.3 Å². The lowest BCUT2D eigenvalue weighted by molar-refractivity contribution is 0.124. The molecular formula is C6H13NO3SSi. The van der Waals surface area contributed by atoms with Crippen molar-refractivity contribution < 1.29 is 13.3 Å². The largest absolute Gasteiger partial charge is 0.502 e. The van der Waals surface area contributed by atoms with Crippen LogP contribution < -0.4 is 0 Å². The molecular weight excluding hydrogens is 194 g/mol. The first kappa shape index (κ1) is 11.9. The van der Waals surface area contributed by atoms with Gasteiger partial charge in [0.25, 0.3) is 0 Å².